The van der Waals surface area contributed by atoms with Crippen LogP contribution in [0.25, 0.3) is 0 Å². The molecule has 1 aromatic rings. The van der Waals surface area contributed by atoms with Crippen LogP contribution < -0.4 is 16.4 Å². The number of anilines is 2. The quantitative estimate of drug-likeness (QED) is 0.815. The Labute approximate surface area is 113 Å². The van der Waals surface area contributed by atoms with Crippen LogP contribution in [0.15, 0.2) is 12.3 Å². The number of nitrogens with zero attached hydrogens (tertiary/aromatic N) is 3. The molecular formula is C13H21N5O. The first-order valence-electron chi connectivity index (χ1n) is 6.45. The van der Waals surface area contributed by atoms with Gasteiger partial charge in [-0.15, -0.1) is 0 Å². The lowest BCUT2D eigenvalue weighted by Crippen LogP contribution is -2.39. The molecule has 19 heavy (non-hydrogen) atoms. The average Bonchev–Trinajstić information content (AvgIpc) is 2.76. The fourth-order valence-electron chi connectivity index (χ4n) is 2.61. The molecule has 4 N–H and O–H groups in total. The van der Waals surface area contributed by atoms with E-state index in [1.54, 1.807) is 12.3 Å². The molecule has 1 aliphatic heterocycles. The number of pyridine rings is 1. The van der Waals surface area contributed by atoms with Gasteiger partial charge in [0, 0.05) is 19.1 Å². The van der Waals surface area contributed by atoms with E-state index in [9.17, 15) is 4.79 Å². The molecule has 1 saturated heterocycles. The largest absolute Gasteiger partial charge is 0.397 e. The molecule has 2 rings (SSSR count). The van der Waals surface area contributed by atoms with Gasteiger partial charge in [0.05, 0.1) is 17.4 Å². The summed E-state index contributed by atoms with van der Waals surface area (Å²) in [7, 11) is 4.09. The number of nitrogen functional groups attached to an aromatic ring is 1. The number of nitrogens with two attached hydrogens (primary N) is 2. The molecule has 0 saturated carbocycles. The van der Waals surface area contributed by atoms with E-state index in [2.05, 4.69) is 14.8 Å². The van der Waals surface area contributed by atoms with Crippen molar-refractivity contribution < 1.29 is 4.79 Å². The number of primary amides is 1. The van der Waals surface area contributed by atoms with E-state index >= 15 is 0 Å². The van der Waals surface area contributed by atoms with E-state index in [4.69, 9.17) is 11.5 Å². The zero-order valence-electron chi connectivity index (χ0n) is 11.5. The Hall–Kier alpha value is -1.82. The number of amides is 1. The van der Waals surface area contributed by atoms with E-state index in [1.807, 2.05) is 14.1 Å². The molecule has 0 bridgehead atoms. The Bertz CT molecular complexity index is 474. The maximum Gasteiger partial charge on any atom is 0.252 e. The number of carbonyl (C=O) groups is 1. The van der Waals surface area contributed by atoms with Crippen molar-refractivity contribution in [2.45, 2.75) is 18.9 Å². The van der Waals surface area contributed by atoms with Gasteiger partial charge < -0.3 is 21.3 Å². The first-order chi connectivity index (χ1) is 8.99. The van der Waals surface area contributed by atoms with E-state index in [-0.39, 0.29) is 0 Å². The smallest absolute Gasteiger partial charge is 0.252 e. The summed E-state index contributed by atoms with van der Waals surface area (Å²) >= 11 is 0. The number of likely N-dealkylation sites (N-methyl/N-ethyl adjacent to an activating group) is 1. The van der Waals surface area contributed by atoms with Crippen molar-refractivity contribution in [1.82, 2.24) is 9.88 Å². The zero-order valence-corrected chi connectivity index (χ0v) is 11.5. The monoisotopic (exact) mass is 263 g/mol. The summed E-state index contributed by atoms with van der Waals surface area (Å²) < 4.78 is 0. The van der Waals surface area contributed by atoms with Gasteiger partial charge in [0.25, 0.3) is 5.91 Å². The van der Waals surface area contributed by atoms with Gasteiger partial charge in [-0.1, -0.05) is 0 Å². The van der Waals surface area contributed by atoms with Gasteiger partial charge in [-0.3, -0.25) is 4.79 Å². The fourth-order valence-corrected chi connectivity index (χ4v) is 2.61. The molecule has 0 aromatic carbocycles. The Morgan fingerprint density at radius 3 is 2.95 bits per heavy atom. The second kappa shape index (κ2) is 5.44. The summed E-state index contributed by atoms with van der Waals surface area (Å²) in [5.41, 5.74) is 12.0. The van der Waals surface area contributed by atoms with Crippen molar-refractivity contribution in [3.8, 4) is 0 Å². The number of aromatic nitrogens is 1. The Morgan fingerprint density at radius 1 is 1.58 bits per heavy atom. The van der Waals surface area contributed by atoms with Crippen molar-refractivity contribution in [1.29, 1.82) is 0 Å². The van der Waals surface area contributed by atoms with Crippen LogP contribution in [0.4, 0.5) is 11.5 Å². The van der Waals surface area contributed by atoms with Crippen LogP contribution in [0, 0.1) is 0 Å². The highest BCUT2D eigenvalue weighted by Gasteiger charge is 2.28. The number of hydrogen-bond acceptors (Lipinski definition) is 5. The number of hydrogen-bond donors (Lipinski definition) is 2. The third kappa shape index (κ3) is 2.96. The third-order valence-corrected chi connectivity index (χ3v) is 3.38. The average molecular weight is 263 g/mol. The maximum absolute atomic E-state index is 11.5. The normalized spacial score (nSPS) is 19.1. The van der Waals surface area contributed by atoms with Crippen LogP contribution in [0.5, 0.6) is 0 Å². The summed E-state index contributed by atoms with van der Waals surface area (Å²) in [6.45, 7) is 1.83. The van der Waals surface area contributed by atoms with E-state index < -0.39 is 5.91 Å². The summed E-state index contributed by atoms with van der Waals surface area (Å²) in [4.78, 5) is 20.2. The number of carbonyl (C=O) groups excluding carboxylic acids is 1. The SMILES string of the molecule is CN(C)CC1CCCN1c1ncc(N)cc1C(N)=O. The molecule has 104 valence electrons. The van der Waals surface area contributed by atoms with Gasteiger partial charge in [-0.25, -0.2) is 4.98 Å². The summed E-state index contributed by atoms with van der Waals surface area (Å²) in [5, 5.41) is 0. The molecule has 1 atom stereocenters. The van der Waals surface area contributed by atoms with Crippen molar-refractivity contribution >= 4 is 17.4 Å². The lowest BCUT2D eigenvalue weighted by molar-refractivity contribution is 0.100. The lowest BCUT2D eigenvalue weighted by atomic mass is 10.1. The molecule has 2 heterocycles. The van der Waals surface area contributed by atoms with Gasteiger partial charge >= 0.3 is 0 Å². The Balaban J connectivity index is 2.32. The van der Waals surface area contributed by atoms with Crippen LogP contribution in [0.1, 0.15) is 23.2 Å². The van der Waals surface area contributed by atoms with E-state index in [0.717, 1.165) is 25.9 Å². The van der Waals surface area contributed by atoms with Crippen molar-refractivity contribution in [3.05, 3.63) is 17.8 Å². The van der Waals surface area contributed by atoms with E-state index in [1.165, 1.54) is 0 Å². The summed E-state index contributed by atoms with van der Waals surface area (Å²) in [5.74, 6) is 0.177. The highest BCUT2D eigenvalue weighted by molar-refractivity contribution is 5.98. The molecule has 0 aliphatic carbocycles. The Morgan fingerprint density at radius 2 is 2.32 bits per heavy atom. The van der Waals surface area contributed by atoms with Gasteiger partial charge in [0.2, 0.25) is 0 Å². The molecular weight excluding hydrogens is 242 g/mol. The lowest BCUT2D eigenvalue weighted by Gasteiger charge is -2.29. The molecule has 0 spiro atoms. The van der Waals surface area contributed by atoms with Crippen LogP contribution in [-0.4, -0.2) is 49.0 Å². The highest BCUT2D eigenvalue weighted by Crippen LogP contribution is 2.28. The Kier molecular flexibility index (Phi) is 3.90. The zero-order chi connectivity index (χ0) is 14.0. The summed E-state index contributed by atoms with van der Waals surface area (Å²) in [6, 6.07) is 1.97. The van der Waals surface area contributed by atoms with Gasteiger partial charge in [-0.2, -0.15) is 0 Å². The van der Waals surface area contributed by atoms with Crippen LogP contribution in [0.3, 0.4) is 0 Å². The maximum atomic E-state index is 11.5. The molecule has 1 unspecified atom stereocenters. The van der Waals surface area contributed by atoms with Crippen LogP contribution >= 0.6 is 0 Å². The van der Waals surface area contributed by atoms with Crippen molar-refractivity contribution in [2.24, 2.45) is 5.73 Å². The minimum atomic E-state index is -0.481. The predicted molar refractivity (Wildman–Crippen MR) is 76.1 cm³/mol. The van der Waals surface area contributed by atoms with Crippen LogP contribution in [-0.2, 0) is 0 Å². The topological polar surface area (TPSA) is 88.5 Å². The minimum absolute atomic E-state index is 0.365. The molecule has 1 aliphatic rings. The second-order valence-corrected chi connectivity index (χ2v) is 5.26. The second-order valence-electron chi connectivity index (χ2n) is 5.26. The van der Waals surface area contributed by atoms with E-state index in [0.29, 0.717) is 23.1 Å². The molecule has 6 heteroatoms. The first kappa shape index (κ1) is 13.6. The summed E-state index contributed by atoms with van der Waals surface area (Å²) in [6.07, 6.45) is 3.78. The molecule has 0 radical (unpaired) electrons. The van der Waals surface area contributed by atoms with Gasteiger partial charge in [0.15, 0.2) is 0 Å². The van der Waals surface area contributed by atoms with Crippen molar-refractivity contribution in [2.75, 3.05) is 37.8 Å². The van der Waals surface area contributed by atoms with Gasteiger partial charge in [-0.05, 0) is 33.0 Å². The standard InChI is InChI=1S/C13H21N5O/c1-17(2)8-10-4-3-5-18(10)13-11(12(15)19)6-9(14)7-16-13/h6-7,10H,3-5,8,14H2,1-2H3,(H2,15,19). The van der Waals surface area contributed by atoms with Crippen LogP contribution in [0.2, 0.25) is 0 Å². The van der Waals surface area contributed by atoms with Crippen molar-refractivity contribution in [3.63, 3.8) is 0 Å². The third-order valence-electron chi connectivity index (χ3n) is 3.38. The highest BCUT2D eigenvalue weighted by atomic mass is 16.1. The predicted octanol–water partition coefficient (Wildman–Crippen LogP) is 0.293. The molecule has 1 fully saturated rings. The molecule has 1 aromatic heterocycles. The van der Waals surface area contributed by atoms with Gasteiger partial charge in [0.1, 0.15) is 5.82 Å². The number of rotatable bonds is 4. The fraction of sp³-hybridized carbons (Fsp3) is 0.538. The minimum Gasteiger partial charge on any atom is -0.397 e. The first-order valence-corrected chi connectivity index (χ1v) is 6.45. The molecule has 6 nitrogen and oxygen atoms in total. The molecule has 1 amide bonds.